The molecule has 6 heteroatoms. The van der Waals surface area contributed by atoms with E-state index in [0.29, 0.717) is 30.2 Å². The van der Waals surface area contributed by atoms with Crippen LogP contribution in [0, 0.1) is 0 Å². The zero-order valence-corrected chi connectivity index (χ0v) is 13.3. The summed E-state index contributed by atoms with van der Waals surface area (Å²) < 4.78 is 16.6. The Morgan fingerprint density at radius 2 is 1.92 bits per heavy atom. The van der Waals surface area contributed by atoms with Gasteiger partial charge in [0.25, 0.3) is 5.91 Å². The highest BCUT2D eigenvalue weighted by Gasteiger charge is 2.34. The van der Waals surface area contributed by atoms with E-state index in [2.05, 4.69) is 0 Å². The van der Waals surface area contributed by atoms with E-state index in [-0.39, 0.29) is 12.7 Å². The van der Waals surface area contributed by atoms with Gasteiger partial charge in [0.1, 0.15) is 5.75 Å². The predicted molar refractivity (Wildman–Crippen MR) is 89.6 cm³/mol. The van der Waals surface area contributed by atoms with Crippen molar-refractivity contribution in [1.29, 1.82) is 0 Å². The van der Waals surface area contributed by atoms with Crippen molar-refractivity contribution in [2.75, 3.05) is 24.0 Å². The minimum atomic E-state index is -0.568. The zero-order chi connectivity index (χ0) is 16.7. The molecule has 124 valence electrons. The number of fused-ring (bicyclic) bond motifs is 2. The van der Waals surface area contributed by atoms with Crippen molar-refractivity contribution in [3.63, 3.8) is 0 Å². The fourth-order valence-corrected chi connectivity index (χ4v) is 3.08. The summed E-state index contributed by atoms with van der Waals surface area (Å²) in [5.41, 5.74) is 8.14. The number of rotatable bonds is 3. The summed E-state index contributed by atoms with van der Waals surface area (Å²) in [6.45, 7) is 2.74. The number of anilines is 2. The number of amides is 1. The van der Waals surface area contributed by atoms with Crippen molar-refractivity contribution in [2.24, 2.45) is 0 Å². The summed E-state index contributed by atoms with van der Waals surface area (Å²) >= 11 is 0. The standard InChI is InChI=1S/C18H18N2O4/c1-2-20-13-9-12(19)4-6-14(13)24-17(18(20)21)8-11-3-5-15-16(7-11)23-10-22-15/h3-7,9,17H,2,8,10,19H2,1H3. The molecule has 1 atom stereocenters. The molecule has 0 spiro atoms. The molecule has 4 rings (SSSR count). The smallest absolute Gasteiger partial charge is 0.268 e. The van der Waals surface area contributed by atoms with E-state index in [0.717, 1.165) is 17.0 Å². The van der Waals surface area contributed by atoms with Gasteiger partial charge in [0.2, 0.25) is 6.79 Å². The average Bonchev–Trinajstić information content (AvgIpc) is 3.04. The first kappa shape index (κ1) is 14.7. The minimum absolute atomic E-state index is 0.0618. The molecule has 24 heavy (non-hydrogen) atoms. The first-order valence-corrected chi connectivity index (χ1v) is 7.92. The molecule has 0 aromatic heterocycles. The number of nitrogen functional groups attached to an aromatic ring is 1. The molecule has 1 amide bonds. The van der Waals surface area contributed by atoms with Crippen LogP contribution in [-0.4, -0.2) is 25.3 Å². The van der Waals surface area contributed by atoms with Crippen LogP contribution in [0.15, 0.2) is 36.4 Å². The predicted octanol–water partition coefficient (Wildman–Crippen LogP) is 2.35. The molecule has 1 unspecified atom stereocenters. The van der Waals surface area contributed by atoms with E-state index in [4.69, 9.17) is 19.9 Å². The quantitative estimate of drug-likeness (QED) is 0.877. The third kappa shape index (κ3) is 2.40. The van der Waals surface area contributed by atoms with Crippen molar-refractivity contribution >= 4 is 17.3 Å². The zero-order valence-electron chi connectivity index (χ0n) is 13.3. The lowest BCUT2D eigenvalue weighted by Gasteiger charge is -2.34. The maximum Gasteiger partial charge on any atom is 0.268 e. The van der Waals surface area contributed by atoms with Gasteiger partial charge in [-0.1, -0.05) is 6.07 Å². The first-order valence-electron chi connectivity index (χ1n) is 7.92. The maximum atomic E-state index is 12.8. The van der Waals surface area contributed by atoms with Crippen LogP contribution in [0.1, 0.15) is 12.5 Å². The Labute approximate surface area is 139 Å². The molecule has 0 saturated carbocycles. The molecule has 0 bridgehead atoms. The highest BCUT2D eigenvalue weighted by molar-refractivity contribution is 6.00. The number of likely N-dealkylation sites (N-methyl/N-ethyl adjacent to an activating group) is 1. The maximum absolute atomic E-state index is 12.8. The molecular weight excluding hydrogens is 308 g/mol. The molecule has 2 N–H and O–H groups in total. The number of benzene rings is 2. The SMILES string of the molecule is CCN1C(=O)C(Cc2ccc3c(c2)OCO3)Oc2ccc(N)cc21. The number of ether oxygens (including phenoxy) is 3. The molecule has 6 nitrogen and oxygen atoms in total. The molecule has 2 aliphatic rings. The van der Waals surface area contributed by atoms with Gasteiger partial charge in [0.15, 0.2) is 17.6 Å². The van der Waals surface area contributed by atoms with E-state index in [1.54, 1.807) is 17.0 Å². The minimum Gasteiger partial charge on any atom is -0.478 e. The topological polar surface area (TPSA) is 74.0 Å². The van der Waals surface area contributed by atoms with Crippen LogP contribution in [0.2, 0.25) is 0 Å². The Bertz CT molecular complexity index is 806. The fraction of sp³-hybridized carbons (Fsp3) is 0.278. The third-order valence-electron chi connectivity index (χ3n) is 4.26. The van der Waals surface area contributed by atoms with Gasteiger partial charge < -0.3 is 24.8 Å². The first-order chi connectivity index (χ1) is 11.7. The van der Waals surface area contributed by atoms with Crippen molar-refractivity contribution < 1.29 is 19.0 Å². The van der Waals surface area contributed by atoms with Crippen LogP contribution >= 0.6 is 0 Å². The van der Waals surface area contributed by atoms with Crippen LogP contribution in [0.3, 0.4) is 0 Å². The van der Waals surface area contributed by atoms with Crippen LogP contribution in [0.25, 0.3) is 0 Å². The molecule has 0 radical (unpaired) electrons. The Morgan fingerprint density at radius 1 is 1.12 bits per heavy atom. The second-order valence-corrected chi connectivity index (χ2v) is 5.81. The average molecular weight is 326 g/mol. The van der Waals surface area contributed by atoms with Gasteiger partial charge in [-0.25, -0.2) is 0 Å². The highest BCUT2D eigenvalue weighted by Crippen LogP contribution is 2.37. The van der Waals surface area contributed by atoms with E-state index < -0.39 is 6.10 Å². The highest BCUT2D eigenvalue weighted by atomic mass is 16.7. The van der Waals surface area contributed by atoms with Gasteiger partial charge in [-0.05, 0) is 42.8 Å². The lowest BCUT2D eigenvalue weighted by molar-refractivity contribution is -0.126. The van der Waals surface area contributed by atoms with Crippen molar-refractivity contribution in [2.45, 2.75) is 19.4 Å². The molecule has 2 heterocycles. The van der Waals surface area contributed by atoms with E-state index in [9.17, 15) is 4.79 Å². The number of hydrogen-bond donors (Lipinski definition) is 1. The Kier molecular flexibility index (Phi) is 3.45. The molecular formula is C18H18N2O4. The number of nitrogens with zero attached hydrogens (tertiary/aromatic N) is 1. The summed E-state index contributed by atoms with van der Waals surface area (Å²) in [6, 6.07) is 11.0. The molecule has 2 aliphatic heterocycles. The summed E-state index contributed by atoms with van der Waals surface area (Å²) in [5.74, 6) is 2.05. The second kappa shape index (κ2) is 5.63. The number of nitrogens with two attached hydrogens (primary N) is 1. The van der Waals surface area contributed by atoms with Gasteiger partial charge in [0, 0.05) is 18.7 Å². The second-order valence-electron chi connectivity index (χ2n) is 5.81. The largest absolute Gasteiger partial charge is 0.478 e. The summed E-state index contributed by atoms with van der Waals surface area (Å²) in [6.07, 6.45) is -0.100. The fourth-order valence-electron chi connectivity index (χ4n) is 3.08. The van der Waals surface area contributed by atoms with Crippen LogP contribution in [-0.2, 0) is 11.2 Å². The van der Waals surface area contributed by atoms with Crippen molar-refractivity contribution in [1.82, 2.24) is 0 Å². The normalized spacial score (nSPS) is 18.3. The van der Waals surface area contributed by atoms with E-state index in [1.165, 1.54) is 0 Å². The van der Waals surface area contributed by atoms with Gasteiger partial charge in [-0.3, -0.25) is 4.79 Å². The molecule has 0 fully saturated rings. The number of carbonyl (C=O) groups excluding carboxylic acids is 1. The monoisotopic (exact) mass is 326 g/mol. The molecule has 0 aliphatic carbocycles. The van der Waals surface area contributed by atoms with Gasteiger partial charge in [-0.15, -0.1) is 0 Å². The van der Waals surface area contributed by atoms with Gasteiger partial charge >= 0.3 is 0 Å². The molecule has 2 aromatic rings. The number of carbonyl (C=O) groups is 1. The van der Waals surface area contributed by atoms with E-state index in [1.807, 2.05) is 31.2 Å². The summed E-state index contributed by atoms with van der Waals surface area (Å²) in [4.78, 5) is 14.5. The summed E-state index contributed by atoms with van der Waals surface area (Å²) in [5, 5.41) is 0. The van der Waals surface area contributed by atoms with Crippen LogP contribution in [0.4, 0.5) is 11.4 Å². The Morgan fingerprint density at radius 3 is 2.75 bits per heavy atom. The van der Waals surface area contributed by atoms with Crippen LogP contribution < -0.4 is 24.8 Å². The van der Waals surface area contributed by atoms with E-state index >= 15 is 0 Å². The molecule has 2 aromatic carbocycles. The van der Waals surface area contributed by atoms with Gasteiger partial charge in [-0.2, -0.15) is 0 Å². The van der Waals surface area contributed by atoms with Crippen LogP contribution in [0.5, 0.6) is 17.2 Å². The Hall–Kier alpha value is -2.89. The lowest BCUT2D eigenvalue weighted by atomic mass is 10.0. The van der Waals surface area contributed by atoms with Gasteiger partial charge in [0.05, 0.1) is 5.69 Å². The third-order valence-corrected chi connectivity index (χ3v) is 4.26. The number of hydrogen-bond acceptors (Lipinski definition) is 5. The Balaban J connectivity index is 1.62. The summed E-state index contributed by atoms with van der Waals surface area (Å²) in [7, 11) is 0. The van der Waals surface area contributed by atoms with Crippen molar-refractivity contribution in [3.8, 4) is 17.2 Å². The van der Waals surface area contributed by atoms with Crippen molar-refractivity contribution in [3.05, 3.63) is 42.0 Å². The molecule has 0 saturated heterocycles. The lowest BCUT2D eigenvalue weighted by Crippen LogP contribution is -2.46.